The topological polar surface area (TPSA) is 69.7 Å². The fourth-order valence-electron chi connectivity index (χ4n) is 1.97. The van der Waals surface area contributed by atoms with E-state index in [1.54, 1.807) is 0 Å². The number of carbonyl (C=O) groups excluding carboxylic acids is 3. The first-order valence-electron chi connectivity index (χ1n) is 6.22. The largest absolute Gasteiger partial charge is 0.422 e. The molecule has 0 aliphatic carbocycles. The maximum atomic E-state index is 13.2. The molecule has 1 aliphatic rings. The summed E-state index contributed by atoms with van der Waals surface area (Å²) in [6.07, 6.45) is -0.451. The summed E-state index contributed by atoms with van der Waals surface area (Å²) in [5.74, 6) is -8.25. The second kappa shape index (κ2) is 5.75. The summed E-state index contributed by atoms with van der Waals surface area (Å²) in [4.78, 5) is 35.6. The predicted molar refractivity (Wildman–Crippen MR) is 72.5 cm³/mol. The van der Waals surface area contributed by atoms with Crippen LogP contribution in [0.15, 0.2) is 16.6 Å². The molecule has 1 aliphatic heterocycles. The number of benzene rings is 1. The predicted octanol–water partition coefficient (Wildman–Crippen LogP) is 2.29. The number of halogens is 3. The zero-order valence-electron chi connectivity index (χ0n) is 11.6. The number of Topliss-reactive ketones (excluding diaryl/α,β-unsaturated/α-hetero) is 1. The third-order valence-corrected chi connectivity index (χ3v) is 3.68. The molecule has 1 fully saturated rings. The van der Waals surface area contributed by atoms with Crippen LogP contribution in [0.2, 0.25) is 0 Å². The molecule has 1 aromatic carbocycles. The lowest BCUT2D eigenvalue weighted by molar-refractivity contribution is -0.238. The summed E-state index contributed by atoms with van der Waals surface area (Å²) < 4.78 is 36.1. The van der Waals surface area contributed by atoms with E-state index in [1.807, 2.05) is 0 Å². The van der Waals surface area contributed by atoms with Crippen molar-refractivity contribution in [2.24, 2.45) is 5.92 Å². The molecule has 0 N–H and O–H groups in total. The number of carbonyl (C=O) groups is 3. The van der Waals surface area contributed by atoms with E-state index in [9.17, 15) is 23.2 Å². The smallest absolute Gasteiger partial charge is 0.331 e. The Kier molecular flexibility index (Phi) is 4.32. The van der Waals surface area contributed by atoms with E-state index >= 15 is 0 Å². The Morgan fingerprint density at radius 1 is 1.18 bits per heavy atom. The van der Waals surface area contributed by atoms with Crippen LogP contribution in [0.3, 0.4) is 0 Å². The van der Waals surface area contributed by atoms with Crippen molar-refractivity contribution in [3.8, 4) is 0 Å². The molecule has 0 unspecified atom stereocenters. The Balaban J connectivity index is 2.21. The summed E-state index contributed by atoms with van der Waals surface area (Å²) in [5.41, 5.74) is 0.106. The molecule has 0 spiro atoms. The normalized spacial score (nSPS) is 17.9. The average Bonchev–Trinajstić information content (AvgIpc) is 2.33. The molecule has 22 heavy (non-hydrogen) atoms. The monoisotopic (exact) mass is 376 g/mol. The average molecular weight is 377 g/mol. The van der Waals surface area contributed by atoms with Gasteiger partial charge in [-0.1, -0.05) is 15.9 Å². The van der Waals surface area contributed by atoms with Gasteiger partial charge in [-0.05, 0) is 17.7 Å². The van der Waals surface area contributed by atoms with E-state index < -0.39 is 47.5 Å². The highest BCUT2D eigenvalue weighted by Gasteiger charge is 2.47. The molecule has 5 nitrogen and oxygen atoms in total. The highest BCUT2D eigenvalue weighted by molar-refractivity contribution is 9.10. The fourth-order valence-corrected chi connectivity index (χ4v) is 2.43. The maximum absolute atomic E-state index is 13.2. The number of hydrogen-bond donors (Lipinski definition) is 0. The number of rotatable bonds is 3. The Morgan fingerprint density at radius 2 is 1.68 bits per heavy atom. The van der Waals surface area contributed by atoms with E-state index in [4.69, 9.17) is 9.47 Å². The van der Waals surface area contributed by atoms with Crippen molar-refractivity contribution in [2.45, 2.75) is 26.1 Å². The van der Waals surface area contributed by atoms with Gasteiger partial charge in [0.2, 0.25) is 5.92 Å². The molecule has 1 aromatic rings. The number of esters is 2. The van der Waals surface area contributed by atoms with Gasteiger partial charge in [0.05, 0.1) is 0 Å². The molecule has 118 valence electrons. The SMILES string of the molecule is CC1(C)OC(=O)C(C(=O)Cc2cc(F)c(F)cc2Br)C(=O)O1. The first-order chi connectivity index (χ1) is 10.1. The van der Waals surface area contributed by atoms with Crippen LogP contribution in [0.5, 0.6) is 0 Å². The van der Waals surface area contributed by atoms with Gasteiger partial charge < -0.3 is 9.47 Å². The lowest BCUT2D eigenvalue weighted by Crippen LogP contribution is -2.49. The van der Waals surface area contributed by atoms with Gasteiger partial charge in [-0.3, -0.25) is 14.4 Å². The van der Waals surface area contributed by atoms with Crippen molar-refractivity contribution in [2.75, 3.05) is 0 Å². The van der Waals surface area contributed by atoms with E-state index in [0.29, 0.717) is 0 Å². The summed E-state index contributed by atoms with van der Waals surface area (Å²) in [7, 11) is 0. The van der Waals surface area contributed by atoms with Gasteiger partial charge in [-0.15, -0.1) is 0 Å². The van der Waals surface area contributed by atoms with Crippen LogP contribution in [0.25, 0.3) is 0 Å². The molecule has 0 amide bonds. The van der Waals surface area contributed by atoms with Gasteiger partial charge in [0.15, 0.2) is 17.4 Å². The standard InChI is InChI=1S/C14H11BrF2O5/c1-14(2)21-12(19)11(13(20)22-14)10(18)4-6-3-8(16)9(17)5-7(6)15/h3,5,11H,4H2,1-2H3. The third kappa shape index (κ3) is 3.32. The van der Waals surface area contributed by atoms with Gasteiger partial charge in [0.1, 0.15) is 0 Å². The van der Waals surface area contributed by atoms with Crippen molar-refractivity contribution in [3.05, 3.63) is 33.8 Å². The zero-order chi connectivity index (χ0) is 16.7. The lowest BCUT2D eigenvalue weighted by atomic mass is 9.97. The van der Waals surface area contributed by atoms with Crippen LogP contribution >= 0.6 is 15.9 Å². The van der Waals surface area contributed by atoms with Crippen LogP contribution < -0.4 is 0 Å². The summed E-state index contributed by atoms with van der Waals surface area (Å²) in [6, 6.07) is 1.68. The number of hydrogen-bond acceptors (Lipinski definition) is 5. The van der Waals surface area contributed by atoms with Crippen LogP contribution in [0.1, 0.15) is 19.4 Å². The summed E-state index contributed by atoms with van der Waals surface area (Å²) in [5, 5.41) is 0. The molecule has 0 saturated carbocycles. The van der Waals surface area contributed by atoms with Gasteiger partial charge >= 0.3 is 11.9 Å². The molecular formula is C14H11BrF2O5. The number of ketones is 1. The first-order valence-corrected chi connectivity index (χ1v) is 7.02. The van der Waals surface area contributed by atoms with Crippen molar-refractivity contribution in [1.82, 2.24) is 0 Å². The number of ether oxygens (including phenoxy) is 2. The second-order valence-electron chi connectivity index (χ2n) is 5.18. The van der Waals surface area contributed by atoms with Gasteiger partial charge in [0.25, 0.3) is 5.79 Å². The Morgan fingerprint density at radius 3 is 2.23 bits per heavy atom. The Labute approximate surface area is 132 Å². The van der Waals surface area contributed by atoms with Gasteiger partial charge in [-0.2, -0.15) is 0 Å². The zero-order valence-corrected chi connectivity index (χ0v) is 13.2. The molecule has 0 aromatic heterocycles. The molecular weight excluding hydrogens is 366 g/mol. The van der Waals surface area contributed by atoms with Crippen LogP contribution in [0, 0.1) is 17.6 Å². The minimum absolute atomic E-state index is 0.106. The molecule has 1 heterocycles. The summed E-state index contributed by atoms with van der Waals surface area (Å²) in [6.45, 7) is 2.71. The van der Waals surface area contributed by atoms with E-state index in [2.05, 4.69) is 15.9 Å². The fraction of sp³-hybridized carbons (Fsp3) is 0.357. The van der Waals surface area contributed by atoms with Crippen molar-refractivity contribution < 1.29 is 32.6 Å². The second-order valence-corrected chi connectivity index (χ2v) is 6.03. The molecule has 0 atom stereocenters. The van der Waals surface area contributed by atoms with Crippen molar-refractivity contribution in [3.63, 3.8) is 0 Å². The van der Waals surface area contributed by atoms with Crippen molar-refractivity contribution in [1.29, 1.82) is 0 Å². The van der Waals surface area contributed by atoms with Crippen LogP contribution in [-0.2, 0) is 30.3 Å². The summed E-state index contributed by atoms with van der Waals surface area (Å²) >= 11 is 2.99. The third-order valence-electron chi connectivity index (χ3n) is 2.94. The van der Waals surface area contributed by atoms with E-state index in [1.165, 1.54) is 13.8 Å². The van der Waals surface area contributed by atoms with Crippen LogP contribution in [0.4, 0.5) is 8.78 Å². The Hall–Kier alpha value is -1.83. The van der Waals surface area contributed by atoms with Gasteiger partial charge in [-0.25, -0.2) is 8.78 Å². The molecule has 2 rings (SSSR count). The maximum Gasteiger partial charge on any atom is 0.331 e. The van der Waals surface area contributed by atoms with E-state index in [0.717, 1.165) is 12.1 Å². The molecule has 8 heteroatoms. The first kappa shape index (κ1) is 16.5. The minimum atomic E-state index is -1.73. The lowest BCUT2D eigenvalue weighted by Gasteiger charge is -2.32. The minimum Gasteiger partial charge on any atom is -0.422 e. The Bertz CT molecular complexity index is 651. The number of cyclic esters (lactones) is 2. The molecule has 0 radical (unpaired) electrons. The molecule has 0 bridgehead atoms. The quantitative estimate of drug-likeness (QED) is 0.459. The van der Waals surface area contributed by atoms with E-state index in [-0.39, 0.29) is 10.0 Å². The highest BCUT2D eigenvalue weighted by atomic mass is 79.9. The molecule has 1 saturated heterocycles. The van der Waals surface area contributed by atoms with Gasteiger partial charge in [0, 0.05) is 24.7 Å². The highest BCUT2D eigenvalue weighted by Crippen LogP contribution is 2.26. The van der Waals surface area contributed by atoms with Crippen molar-refractivity contribution >= 4 is 33.7 Å². The van der Waals surface area contributed by atoms with Crippen LogP contribution in [-0.4, -0.2) is 23.5 Å².